The molecule has 5 nitrogen and oxygen atoms in total. The maximum atomic E-state index is 11.9. The molecule has 0 fully saturated rings. The van der Waals surface area contributed by atoms with Gasteiger partial charge in [0.05, 0.1) is 5.56 Å². The number of H-pyrrole nitrogens is 1. The molecule has 3 N–H and O–H groups in total. The normalized spacial score (nSPS) is 10.3. The number of para-hydroxylation sites is 1. The first-order valence-electron chi connectivity index (χ1n) is 6.24. The Labute approximate surface area is 116 Å². The molecule has 0 spiro atoms. The molecule has 0 aliphatic heterocycles. The number of carbonyl (C=O) groups excluding carboxylic acids is 1. The number of amides is 1. The van der Waals surface area contributed by atoms with Crippen LogP contribution in [0.3, 0.4) is 0 Å². The van der Waals surface area contributed by atoms with Gasteiger partial charge in [-0.3, -0.25) is 9.59 Å². The summed E-state index contributed by atoms with van der Waals surface area (Å²) in [5.41, 5.74) is 2.10. The summed E-state index contributed by atoms with van der Waals surface area (Å²) in [5, 5.41) is 12.2. The number of aromatic nitrogens is 1. The van der Waals surface area contributed by atoms with Gasteiger partial charge in [0.15, 0.2) is 0 Å². The van der Waals surface area contributed by atoms with Crippen molar-refractivity contribution in [1.29, 1.82) is 0 Å². The third-order valence-corrected chi connectivity index (χ3v) is 3.07. The van der Waals surface area contributed by atoms with Gasteiger partial charge in [-0.25, -0.2) is 0 Å². The fourth-order valence-corrected chi connectivity index (χ4v) is 2.03. The summed E-state index contributed by atoms with van der Waals surface area (Å²) < 4.78 is 0. The van der Waals surface area contributed by atoms with E-state index in [1.165, 1.54) is 12.1 Å². The van der Waals surface area contributed by atoms with E-state index in [0.717, 1.165) is 11.3 Å². The monoisotopic (exact) mass is 272 g/mol. The van der Waals surface area contributed by atoms with Crippen LogP contribution in [-0.4, -0.2) is 16.0 Å². The fraction of sp³-hybridized carbons (Fsp3) is 0.200. The SMILES string of the molecule is Cc1cc(C)c(CNC(=O)c2ccccc2O)c(=O)[nH]1. The van der Waals surface area contributed by atoms with Gasteiger partial charge in [-0.15, -0.1) is 0 Å². The van der Waals surface area contributed by atoms with Gasteiger partial charge in [-0.2, -0.15) is 0 Å². The molecular weight excluding hydrogens is 256 g/mol. The second-order valence-corrected chi connectivity index (χ2v) is 4.64. The summed E-state index contributed by atoms with van der Waals surface area (Å²) in [7, 11) is 0. The quantitative estimate of drug-likeness (QED) is 0.794. The number of rotatable bonds is 3. The van der Waals surface area contributed by atoms with Crippen LogP contribution in [0.15, 0.2) is 35.1 Å². The Bertz CT molecular complexity index is 705. The van der Waals surface area contributed by atoms with E-state index in [0.29, 0.717) is 5.56 Å². The van der Waals surface area contributed by atoms with Crippen LogP contribution < -0.4 is 10.9 Å². The first-order chi connectivity index (χ1) is 9.49. The molecule has 1 aromatic heterocycles. The van der Waals surface area contributed by atoms with Gasteiger partial charge in [0.2, 0.25) is 0 Å². The van der Waals surface area contributed by atoms with E-state index in [4.69, 9.17) is 0 Å². The van der Waals surface area contributed by atoms with Crippen LogP contribution in [0.25, 0.3) is 0 Å². The van der Waals surface area contributed by atoms with Crippen molar-refractivity contribution in [2.45, 2.75) is 20.4 Å². The topological polar surface area (TPSA) is 82.2 Å². The number of pyridine rings is 1. The second kappa shape index (κ2) is 5.61. The first-order valence-corrected chi connectivity index (χ1v) is 6.24. The standard InChI is InChI=1S/C15H16N2O3/c1-9-7-10(2)17-15(20)12(9)8-16-14(19)11-5-3-4-6-13(11)18/h3-7,18H,8H2,1-2H3,(H,16,19)(H,17,20). The molecule has 0 unspecified atom stereocenters. The minimum absolute atomic E-state index is 0.0838. The van der Waals surface area contributed by atoms with Crippen LogP contribution in [-0.2, 0) is 6.54 Å². The highest BCUT2D eigenvalue weighted by Crippen LogP contribution is 2.15. The number of aromatic amines is 1. The van der Waals surface area contributed by atoms with Crippen LogP contribution in [0.1, 0.15) is 27.2 Å². The zero-order valence-corrected chi connectivity index (χ0v) is 11.4. The lowest BCUT2D eigenvalue weighted by Crippen LogP contribution is -2.27. The Kier molecular flexibility index (Phi) is 3.89. The predicted octanol–water partition coefficient (Wildman–Crippen LogP) is 1.63. The smallest absolute Gasteiger partial charge is 0.255 e. The van der Waals surface area contributed by atoms with E-state index < -0.39 is 5.91 Å². The van der Waals surface area contributed by atoms with E-state index in [1.807, 2.05) is 13.0 Å². The Balaban J connectivity index is 2.16. The first kappa shape index (κ1) is 13.9. The molecule has 0 saturated heterocycles. The molecule has 1 heterocycles. The van der Waals surface area contributed by atoms with Crippen LogP contribution in [0, 0.1) is 13.8 Å². The second-order valence-electron chi connectivity index (χ2n) is 4.64. The highest BCUT2D eigenvalue weighted by atomic mass is 16.3. The van der Waals surface area contributed by atoms with E-state index in [9.17, 15) is 14.7 Å². The number of phenolic OH excluding ortho intramolecular Hbond substituents is 1. The zero-order valence-electron chi connectivity index (χ0n) is 11.4. The Morgan fingerprint density at radius 1 is 1.30 bits per heavy atom. The summed E-state index contributed by atoms with van der Waals surface area (Å²) in [6.07, 6.45) is 0. The maximum Gasteiger partial charge on any atom is 0.255 e. The number of aromatic hydroxyl groups is 1. The van der Waals surface area contributed by atoms with Crippen molar-refractivity contribution in [2.24, 2.45) is 0 Å². The minimum atomic E-state index is -0.414. The molecule has 0 radical (unpaired) electrons. The molecule has 5 heteroatoms. The van der Waals surface area contributed by atoms with Gasteiger partial charge < -0.3 is 15.4 Å². The minimum Gasteiger partial charge on any atom is -0.507 e. The summed E-state index contributed by atoms with van der Waals surface area (Å²) in [5.74, 6) is -0.498. The highest BCUT2D eigenvalue weighted by Gasteiger charge is 2.11. The molecule has 2 aromatic rings. The van der Waals surface area contributed by atoms with Crippen molar-refractivity contribution in [2.75, 3.05) is 0 Å². The van der Waals surface area contributed by atoms with Crippen molar-refractivity contribution in [3.63, 3.8) is 0 Å². The molecule has 0 aliphatic carbocycles. The van der Waals surface area contributed by atoms with E-state index in [1.54, 1.807) is 19.1 Å². The van der Waals surface area contributed by atoms with Crippen molar-refractivity contribution in [3.8, 4) is 5.75 Å². The van der Waals surface area contributed by atoms with E-state index in [-0.39, 0.29) is 23.4 Å². The lowest BCUT2D eigenvalue weighted by atomic mass is 10.1. The number of aryl methyl sites for hydroxylation is 2. The summed E-state index contributed by atoms with van der Waals surface area (Å²) >= 11 is 0. The Morgan fingerprint density at radius 2 is 2.00 bits per heavy atom. The molecule has 0 atom stereocenters. The number of hydrogen-bond acceptors (Lipinski definition) is 3. The maximum absolute atomic E-state index is 11.9. The van der Waals surface area contributed by atoms with Crippen LogP contribution in [0.2, 0.25) is 0 Å². The van der Waals surface area contributed by atoms with Gasteiger partial charge >= 0.3 is 0 Å². The molecule has 1 aromatic carbocycles. The average molecular weight is 272 g/mol. The van der Waals surface area contributed by atoms with Gasteiger partial charge in [0, 0.05) is 17.8 Å². The van der Waals surface area contributed by atoms with Crippen molar-refractivity contribution in [3.05, 3.63) is 63.1 Å². The number of phenols is 1. The molecular formula is C15H16N2O3. The summed E-state index contributed by atoms with van der Waals surface area (Å²) in [6.45, 7) is 3.75. The Hall–Kier alpha value is -2.56. The largest absolute Gasteiger partial charge is 0.507 e. The number of benzene rings is 1. The molecule has 0 aliphatic rings. The Morgan fingerprint density at radius 3 is 2.65 bits per heavy atom. The van der Waals surface area contributed by atoms with E-state index >= 15 is 0 Å². The highest BCUT2D eigenvalue weighted by molar-refractivity contribution is 5.96. The number of nitrogens with one attached hydrogen (secondary N) is 2. The summed E-state index contributed by atoms with van der Waals surface area (Å²) in [6, 6.07) is 8.12. The lowest BCUT2D eigenvalue weighted by molar-refractivity contribution is 0.0948. The fourth-order valence-electron chi connectivity index (χ4n) is 2.03. The number of hydrogen-bond donors (Lipinski definition) is 3. The number of carbonyl (C=O) groups is 1. The average Bonchev–Trinajstić information content (AvgIpc) is 2.37. The lowest BCUT2D eigenvalue weighted by Gasteiger charge is -2.09. The third kappa shape index (κ3) is 2.88. The van der Waals surface area contributed by atoms with Gasteiger partial charge in [0.1, 0.15) is 5.75 Å². The van der Waals surface area contributed by atoms with E-state index in [2.05, 4.69) is 10.3 Å². The van der Waals surface area contributed by atoms with Crippen molar-refractivity contribution < 1.29 is 9.90 Å². The van der Waals surface area contributed by atoms with Gasteiger partial charge in [0.25, 0.3) is 11.5 Å². The molecule has 0 saturated carbocycles. The molecule has 1 amide bonds. The van der Waals surface area contributed by atoms with Gasteiger partial charge in [-0.1, -0.05) is 12.1 Å². The van der Waals surface area contributed by atoms with Crippen LogP contribution in [0.4, 0.5) is 0 Å². The summed E-state index contributed by atoms with van der Waals surface area (Å²) in [4.78, 5) is 26.5. The molecule has 2 rings (SSSR count). The van der Waals surface area contributed by atoms with Crippen molar-refractivity contribution >= 4 is 5.91 Å². The van der Waals surface area contributed by atoms with Gasteiger partial charge in [-0.05, 0) is 37.6 Å². The predicted molar refractivity (Wildman–Crippen MR) is 75.8 cm³/mol. The third-order valence-electron chi connectivity index (χ3n) is 3.07. The molecule has 0 bridgehead atoms. The molecule has 20 heavy (non-hydrogen) atoms. The zero-order chi connectivity index (χ0) is 14.7. The van der Waals surface area contributed by atoms with Crippen molar-refractivity contribution in [1.82, 2.24) is 10.3 Å². The van der Waals surface area contributed by atoms with Crippen LogP contribution in [0.5, 0.6) is 5.75 Å². The van der Waals surface area contributed by atoms with Crippen LogP contribution >= 0.6 is 0 Å². The molecule has 104 valence electrons.